The first-order valence-corrected chi connectivity index (χ1v) is 10.0. The van der Waals surface area contributed by atoms with Crippen LogP contribution in [-0.4, -0.2) is 15.8 Å². The van der Waals surface area contributed by atoms with E-state index in [0.29, 0.717) is 4.80 Å². The maximum absolute atomic E-state index is 10.8. The molecule has 8 heteroatoms. The lowest BCUT2D eigenvalue weighted by molar-refractivity contribution is -0.402. The van der Waals surface area contributed by atoms with Crippen LogP contribution in [0.2, 0.25) is 0 Å². The van der Waals surface area contributed by atoms with Crippen molar-refractivity contribution in [3.05, 3.63) is 97.8 Å². The minimum absolute atomic E-state index is 0.288. The van der Waals surface area contributed by atoms with Crippen LogP contribution < -0.4 is 4.80 Å². The van der Waals surface area contributed by atoms with E-state index < -0.39 is 4.92 Å². The molecule has 0 saturated carbocycles. The molecule has 0 amide bonds. The Balaban J connectivity index is 1.80. The summed E-state index contributed by atoms with van der Waals surface area (Å²) in [5.74, 6) is -0.0355. The Labute approximate surface area is 176 Å². The minimum atomic E-state index is -0.578. The van der Waals surface area contributed by atoms with E-state index in [1.807, 2.05) is 67.8 Å². The van der Waals surface area contributed by atoms with Crippen LogP contribution in [0.1, 0.15) is 16.9 Å². The Kier molecular flexibility index (Phi) is 5.40. The van der Waals surface area contributed by atoms with Crippen LogP contribution in [0.15, 0.2) is 80.6 Å². The van der Waals surface area contributed by atoms with Crippen LogP contribution in [0.5, 0.6) is 0 Å². The molecule has 0 saturated heterocycles. The van der Waals surface area contributed by atoms with Crippen molar-refractivity contribution in [2.24, 2.45) is 10.1 Å². The van der Waals surface area contributed by atoms with Gasteiger partial charge < -0.3 is 4.42 Å². The third-order valence-corrected chi connectivity index (χ3v) is 5.20. The summed E-state index contributed by atoms with van der Waals surface area (Å²) in [6, 6.07) is 18.8. The fraction of sp³-hybridized carbons (Fsp3) is 0.0909. The summed E-state index contributed by atoms with van der Waals surface area (Å²) in [5, 5.41) is 17.3. The van der Waals surface area contributed by atoms with E-state index in [-0.39, 0.29) is 11.6 Å². The summed E-state index contributed by atoms with van der Waals surface area (Å²) in [7, 11) is 0. The number of benzene rings is 2. The van der Waals surface area contributed by atoms with Gasteiger partial charge in [-0.1, -0.05) is 47.5 Å². The topological polar surface area (TPSA) is 85.9 Å². The molecular formula is C22H18N4O3S. The average Bonchev–Trinajstić information content (AvgIpc) is 3.36. The van der Waals surface area contributed by atoms with E-state index >= 15 is 0 Å². The smallest absolute Gasteiger partial charge is 0.400 e. The predicted octanol–water partition coefficient (Wildman–Crippen LogP) is 5.45. The van der Waals surface area contributed by atoms with Gasteiger partial charge in [0.05, 0.1) is 23.7 Å². The molecule has 2 aromatic carbocycles. The highest BCUT2D eigenvalue weighted by atomic mass is 32.1. The largest absolute Gasteiger partial charge is 0.433 e. The molecule has 0 bridgehead atoms. The monoisotopic (exact) mass is 418 g/mol. The van der Waals surface area contributed by atoms with Crippen LogP contribution in [-0.2, 0) is 0 Å². The summed E-state index contributed by atoms with van der Waals surface area (Å²) in [5.41, 5.74) is 4.99. The van der Waals surface area contributed by atoms with Gasteiger partial charge in [-0.15, -0.1) is 11.3 Å². The van der Waals surface area contributed by atoms with Gasteiger partial charge in [0, 0.05) is 10.9 Å². The Morgan fingerprint density at radius 2 is 1.67 bits per heavy atom. The number of hydrogen-bond donors (Lipinski definition) is 0. The van der Waals surface area contributed by atoms with Crippen molar-refractivity contribution in [3.63, 3.8) is 0 Å². The quantitative estimate of drug-likeness (QED) is 0.245. The van der Waals surface area contributed by atoms with Crippen molar-refractivity contribution < 1.29 is 9.34 Å². The molecule has 30 heavy (non-hydrogen) atoms. The standard InChI is InChI=1S/C22H18N4O3S/c1-15-3-7-17(8-4-15)20-14-30-22(24-18-9-5-16(2)6-10-18)25(20)23-13-19-11-12-21(29-19)26(27)28/h3-14H,1-2H3. The summed E-state index contributed by atoms with van der Waals surface area (Å²) in [4.78, 5) is 15.7. The Morgan fingerprint density at radius 1 is 1.00 bits per heavy atom. The molecule has 4 rings (SSSR count). The van der Waals surface area contributed by atoms with Gasteiger partial charge in [-0.25, -0.2) is 9.67 Å². The molecule has 7 nitrogen and oxygen atoms in total. The molecule has 0 unspecified atom stereocenters. The maximum Gasteiger partial charge on any atom is 0.433 e. The number of furan rings is 1. The van der Waals surface area contributed by atoms with Gasteiger partial charge in [-0.05, 0) is 32.0 Å². The summed E-state index contributed by atoms with van der Waals surface area (Å²) >= 11 is 1.46. The van der Waals surface area contributed by atoms with E-state index in [9.17, 15) is 10.1 Å². The van der Waals surface area contributed by atoms with Gasteiger partial charge in [0.25, 0.3) is 0 Å². The number of aromatic nitrogens is 1. The highest BCUT2D eigenvalue weighted by Gasteiger charge is 2.11. The molecule has 4 aromatic rings. The van der Waals surface area contributed by atoms with Crippen molar-refractivity contribution in [1.29, 1.82) is 0 Å². The van der Waals surface area contributed by atoms with Gasteiger partial charge in [0.15, 0.2) is 5.76 Å². The molecule has 2 aromatic heterocycles. The molecule has 0 aliphatic rings. The molecule has 0 N–H and O–H groups in total. The molecule has 0 spiro atoms. The predicted molar refractivity (Wildman–Crippen MR) is 117 cm³/mol. The number of nitrogens with zero attached hydrogens (tertiary/aromatic N) is 4. The molecule has 0 fully saturated rings. The number of rotatable bonds is 5. The highest BCUT2D eigenvalue weighted by molar-refractivity contribution is 7.07. The van der Waals surface area contributed by atoms with Crippen LogP contribution in [0.25, 0.3) is 11.3 Å². The number of hydrogen-bond acceptors (Lipinski definition) is 6. The highest BCUT2D eigenvalue weighted by Crippen LogP contribution is 2.22. The number of thiazole rings is 1. The normalized spacial score (nSPS) is 12.0. The first-order chi connectivity index (χ1) is 14.5. The van der Waals surface area contributed by atoms with Crippen LogP contribution >= 0.6 is 11.3 Å². The van der Waals surface area contributed by atoms with E-state index in [1.165, 1.54) is 29.7 Å². The van der Waals surface area contributed by atoms with E-state index in [0.717, 1.165) is 28.1 Å². The van der Waals surface area contributed by atoms with E-state index in [1.54, 1.807) is 4.68 Å². The second kappa shape index (κ2) is 8.30. The molecule has 150 valence electrons. The van der Waals surface area contributed by atoms with Gasteiger partial charge in [0.1, 0.15) is 4.92 Å². The van der Waals surface area contributed by atoms with Crippen LogP contribution in [0.3, 0.4) is 0 Å². The first kappa shape index (κ1) is 19.5. The average molecular weight is 418 g/mol. The molecule has 0 aliphatic heterocycles. The lowest BCUT2D eigenvalue weighted by Gasteiger charge is -2.04. The van der Waals surface area contributed by atoms with Crippen molar-refractivity contribution in [2.75, 3.05) is 0 Å². The SMILES string of the molecule is Cc1ccc(N=c2scc(-c3ccc(C)cc3)n2N=Cc2ccc([N+](=O)[O-])o2)cc1. The van der Waals surface area contributed by atoms with Crippen LogP contribution in [0, 0.1) is 24.0 Å². The first-order valence-electron chi connectivity index (χ1n) is 9.17. The summed E-state index contributed by atoms with van der Waals surface area (Å²) in [6.07, 6.45) is 1.45. The third kappa shape index (κ3) is 4.28. The lowest BCUT2D eigenvalue weighted by Crippen LogP contribution is -2.11. The molecular weight excluding hydrogens is 400 g/mol. The Hall–Kier alpha value is -3.78. The van der Waals surface area contributed by atoms with Gasteiger partial charge in [-0.3, -0.25) is 10.1 Å². The van der Waals surface area contributed by atoms with Crippen LogP contribution in [0.4, 0.5) is 11.6 Å². The zero-order valence-electron chi connectivity index (χ0n) is 16.4. The summed E-state index contributed by atoms with van der Waals surface area (Å²) in [6.45, 7) is 4.06. The molecule has 2 heterocycles. The fourth-order valence-electron chi connectivity index (χ4n) is 2.77. The number of nitro groups is 1. The Morgan fingerprint density at radius 3 is 2.30 bits per heavy atom. The van der Waals surface area contributed by atoms with Crippen molar-refractivity contribution in [3.8, 4) is 11.3 Å². The summed E-state index contributed by atoms with van der Waals surface area (Å²) < 4.78 is 6.90. The zero-order valence-corrected chi connectivity index (χ0v) is 17.2. The van der Waals surface area contributed by atoms with E-state index in [2.05, 4.69) is 5.10 Å². The molecule has 0 aliphatic carbocycles. The fourth-order valence-corrected chi connectivity index (χ4v) is 3.62. The van der Waals surface area contributed by atoms with Gasteiger partial charge in [0.2, 0.25) is 4.80 Å². The third-order valence-electron chi connectivity index (χ3n) is 4.38. The van der Waals surface area contributed by atoms with Crippen molar-refractivity contribution in [1.82, 2.24) is 4.68 Å². The van der Waals surface area contributed by atoms with Crippen molar-refractivity contribution in [2.45, 2.75) is 13.8 Å². The van der Waals surface area contributed by atoms with Crippen molar-refractivity contribution >= 4 is 29.1 Å². The molecule has 0 atom stereocenters. The molecule has 0 radical (unpaired) electrons. The Bertz CT molecular complexity index is 1280. The second-order valence-electron chi connectivity index (χ2n) is 6.71. The maximum atomic E-state index is 10.8. The van der Waals surface area contributed by atoms with E-state index in [4.69, 9.17) is 9.41 Å². The number of aryl methyl sites for hydroxylation is 2. The zero-order chi connectivity index (χ0) is 21.1. The van der Waals surface area contributed by atoms with Gasteiger partial charge >= 0.3 is 5.88 Å². The minimum Gasteiger partial charge on any atom is -0.400 e. The van der Waals surface area contributed by atoms with Gasteiger partial charge in [-0.2, -0.15) is 5.10 Å². The lowest BCUT2D eigenvalue weighted by atomic mass is 10.1. The second-order valence-corrected chi connectivity index (χ2v) is 7.54.